The second-order valence-corrected chi connectivity index (χ2v) is 9.88. The Morgan fingerprint density at radius 3 is 2.55 bits per heavy atom. The summed E-state index contributed by atoms with van der Waals surface area (Å²) in [5, 5.41) is 5.22. The van der Waals surface area contributed by atoms with E-state index in [9.17, 15) is 8.42 Å². The Morgan fingerprint density at radius 2 is 1.76 bits per heavy atom. The first-order valence-electron chi connectivity index (χ1n) is 9.86. The molecule has 0 saturated carbocycles. The van der Waals surface area contributed by atoms with Crippen molar-refractivity contribution in [3.63, 3.8) is 0 Å². The van der Waals surface area contributed by atoms with E-state index >= 15 is 0 Å². The Hall–Kier alpha value is -2.06. The molecule has 152 valence electrons. The molecule has 6 nitrogen and oxygen atoms in total. The van der Waals surface area contributed by atoms with Gasteiger partial charge in [-0.3, -0.25) is 4.90 Å². The number of hydrogen-bond donors (Lipinski definition) is 3. The number of benzene rings is 2. The van der Waals surface area contributed by atoms with Gasteiger partial charge in [0.1, 0.15) is 4.90 Å². The van der Waals surface area contributed by atoms with Crippen LogP contribution in [0.15, 0.2) is 53.4 Å². The molecule has 0 amide bonds. The third-order valence-corrected chi connectivity index (χ3v) is 7.90. The lowest BCUT2D eigenvalue weighted by atomic mass is 9.93. The molecule has 3 N–H and O–H groups in total. The molecular formula is C21H23ClN4O2S. The fourth-order valence-corrected chi connectivity index (χ4v) is 6.06. The number of piperidine rings is 1. The van der Waals surface area contributed by atoms with Gasteiger partial charge in [0, 0.05) is 23.1 Å². The molecule has 0 unspecified atom stereocenters. The van der Waals surface area contributed by atoms with E-state index in [0.29, 0.717) is 10.6 Å². The molecule has 0 aliphatic carbocycles. The van der Waals surface area contributed by atoms with Gasteiger partial charge in [-0.05, 0) is 50.0 Å². The molecule has 2 aliphatic heterocycles. The molecule has 1 aromatic heterocycles. The number of nitrogens with zero attached hydrogens (tertiary/aromatic N) is 1. The quantitative estimate of drug-likeness (QED) is 0.591. The van der Waals surface area contributed by atoms with Crippen LogP contribution in [0.1, 0.15) is 18.5 Å². The molecule has 8 heteroatoms. The Kier molecular flexibility index (Phi) is 4.78. The zero-order chi connectivity index (χ0) is 20.0. The molecule has 3 heterocycles. The predicted molar refractivity (Wildman–Crippen MR) is 115 cm³/mol. The van der Waals surface area contributed by atoms with Crippen LogP contribution in [0.5, 0.6) is 0 Å². The van der Waals surface area contributed by atoms with E-state index in [0.717, 1.165) is 54.1 Å². The maximum absolute atomic E-state index is 12.6. The van der Waals surface area contributed by atoms with E-state index in [2.05, 4.69) is 19.9 Å². The largest absolute Gasteiger partial charge is 0.368 e. The minimum Gasteiger partial charge on any atom is -0.368 e. The number of aromatic nitrogens is 1. The van der Waals surface area contributed by atoms with Crippen LogP contribution < -0.4 is 10.0 Å². The van der Waals surface area contributed by atoms with Crippen LogP contribution in [-0.2, 0) is 16.6 Å². The van der Waals surface area contributed by atoms with Crippen molar-refractivity contribution >= 4 is 38.2 Å². The molecule has 0 radical (unpaired) electrons. The van der Waals surface area contributed by atoms with Crippen LogP contribution in [0.25, 0.3) is 10.9 Å². The summed E-state index contributed by atoms with van der Waals surface area (Å²) in [6.07, 6.45) is 1.56. The topological polar surface area (TPSA) is 77.2 Å². The molecule has 3 aromatic rings. The van der Waals surface area contributed by atoms with Gasteiger partial charge in [0.2, 0.25) is 10.0 Å². The van der Waals surface area contributed by atoms with Gasteiger partial charge in [-0.1, -0.05) is 41.9 Å². The van der Waals surface area contributed by atoms with Crippen molar-refractivity contribution in [3.05, 3.63) is 59.2 Å². The van der Waals surface area contributed by atoms with Gasteiger partial charge in [0.15, 0.2) is 0 Å². The molecular weight excluding hydrogens is 408 g/mol. The summed E-state index contributed by atoms with van der Waals surface area (Å²) < 4.78 is 28.0. The van der Waals surface area contributed by atoms with E-state index in [1.807, 2.05) is 36.4 Å². The summed E-state index contributed by atoms with van der Waals surface area (Å²) in [5.41, 5.74) is 2.78. The minimum absolute atomic E-state index is 0.243. The number of para-hydroxylation sites is 2. The lowest BCUT2D eigenvalue weighted by Crippen LogP contribution is -2.51. The molecule has 0 bridgehead atoms. The number of likely N-dealkylation sites (tertiary alicyclic amines) is 1. The third kappa shape index (κ3) is 3.53. The van der Waals surface area contributed by atoms with Gasteiger partial charge in [0.05, 0.1) is 16.9 Å². The molecule has 1 saturated heterocycles. The normalized spacial score (nSPS) is 22.3. The van der Waals surface area contributed by atoms with Crippen LogP contribution in [0.4, 0.5) is 5.69 Å². The molecule has 0 spiro atoms. The Bertz CT molecular complexity index is 1150. The fourth-order valence-electron chi connectivity index (χ4n) is 4.40. The van der Waals surface area contributed by atoms with Gasteiger partial charge in [0.25, 0.3) is 0 Å². The number of aromatic amines is 1. The third-order valence-electron chi connectivity index (χ3n) is 5.97. The number of hydrogen-bond acceptors (Lipinski definition) is 4. The van der Waals surface area contributed by atoms with Crippen molar-refractivity contribution in [2.45, 2.75) is 30.4 Å². The van der Waals surface area contributed by atoms with Crippen LogP contribution in [0.2, 0.25) is 5.02 Å². The molecule has 29 heavy (non-hydrogen) atoms. The summed E-state index contributed by atoms with van der Waals surface area (Å²) >= 11 is 6.56. The monoisotopic (exact) mass is 430 g/mol. The summed E-state index contributed by atoms with van der Waals surface area (Å²) in [7, 11) is -3.47. The second kappa shape index (κ2) is 7.32. The highest BCUT2D eigenvalue weighted by Crippen LogP contribution is 2.32. The number of H-pyrrole nitrogens is 1. The molecule has 1 atom stereocenters. The molecule has 2 aliphatic rings. The van der Waals surface area contributed by atoms with E-state index in [-0.39, 0.29) is 12.1 Å². The van der Waals surface area contributed by atoms with Crippen molar-refractivity contribution in [2.24, 2.45) is 5.92 Å². The number of fused-ring (bicyclic) bond motifs is 2. The minimum atomic E-state index is -3.47. The van der Waals surface area contributed by atoms with Crippen molar-refractivity contribution in [1.29, 1.82) is 0 Å². The Balaban J connectivity index is 1.26. The summed E-state index contributed by atoms with van der Waals surface area (Å²) in [5.74, 6) is 0.243. The van der Waals surface area contributed by atoms with Crippen molar-refractivity contribution < 1.29 is 8.42 Å². The number of rotatable bonds is 3. The maximum Gasteiger partial charge on any atom is 0.244 e. The standard InChI is InChI=1S/C21H23ClN4O2S/c22-20-15-5-1-2-6-16(15)23-18(20)13-26-11-9-14(10-12-26)21-24-17-7-3-4-8-19(17)29(27,28)25-21/h1-8,14,21,23-25H,9-13H2/t21-/m0/s1. The maximum atomic E-state index is 12.6. The Morgan fingerprint density at radius 1 is 1.03 bits per heavy atom. The summed E-state index contributed by atoms with van der Waals surface area (Å²) in [4.78, 5) is 6.12. The average Bonchev–Trinajstić information content (AvgIpc) is 3.04. The smallest absolute Gasteiger partial charge is 0.244 e. The highest BCUT2D eigenvalue weighted by atomic mass is 35.5. The first-order chi connectivity index (χ1) is 14.0. The van der Waals surface area contributed by atoms with Gasteiger partial charge in [-0.25, -0.2) is 8.42 Å². The first kappa shape index (κ1) is 18.9. The Labute approximate surface area is 175 Å². The van der Waals surface area contributed by atoms with E-state index in [1.165, 1.54) is 0 Å². The van der Waals surface area contributed by atoms with Gasteiger partial charge in [-0.15, -0.1) is 0 Å². The van der Waals surface area contributed by atoms with Crippen molar-refractivity contribution in [1.82, 2.24) is 14.6 Å². The number of anilines is 1. The fraction of sp³-hybridized carbons (Fsp3) is 0.333. The van der Waals surface area contributed by atoms with Gasteiger partial charge >= 0.3 is 0 Å². The highest BCUT2D eigenvalue weighted by Gasteiger charge is 2.35. The van der Waals surface area contributed by atoms with Gasteiger partial charge < -0.3 is 10.3 Å². The molecule has 5 rings (SSSR count). The summed E-state index contributed by atoms with van der Waals surface area (Å²) in [6, 6.07) is 15.1. The highest BCUT2D eigenvalue weighted by molar-refractivity contribution is 7.89. The lowest BCUT2D eigenvalue weighted by molar-refractivity contribution is 0.162. The van der Waals surface area contributed by atoms with Crippen LogP contribution in [-0.4, -0.2) is 37.6 Å². The zero-order valence-corrected chi connectivity index (χ0v) is 17.4. The summed E-state index contributed by atoms with van der Waals surface area (Å²) in [6.45, 7) is 2.57. The SMILES string of the molecule is O=S1(=O)N[C@@H](C2CCN(Cc3[nH]c4ccccc4c3Cl)CC2)Nc2ccccc21. The van der Waals surface area contributed by atoms with E-state index in [1.54, 1.807) is 12.1 Å². The zero-order valence-electron chi connectivity index (χ0n) is 15.9. The van der Waals surface area contributed by atoms with Crippen LogP contribution in [0.3, 0.4) is 0 Å². The molecule has 2 aromatic carbocycles. The predicted octanol–water partition coefficient (Wildman–Crippen LogP) is 3.76. The number of sulfonamides is 1. The van der Waals surface area contributed by atoms with Crippen molar-refractivity contribution in [2.75, 3.05) is 18.4 Å². The number of halogens is 1. The van der Waals surface area contributed by atoms with E-state index < -0.39 is 10.0 Å². The second-order valence-electron chi connectivity index (χ2n) is 7.82. The lowest BCUT2D eigenvalue weighted by Gasteiger charge is -2.38. The van der Waals surface area contributed by atoms with Crippen molar-refractivity contribution in [3.8, 4) is 0 Å². The number of nitrogens with one attached hydrogen (secondary N) is 3. The average molecular weight is 431 g/mol. The van der Waals surface area contributed by atoms with E-state index in [4.69, 9.17) is 11.6 Å². The molecule has 1 fully saturated rings. The first-order valence-corrected chi connectivity index (χ1v) is 11.7. The van der Waals surface area contributed by atoms with Crippen LogP contribution in [0, 0.1) is 5.92 Å². The van der Waals surface area contributed by atoms with Gasteiger partial charge in [-0.2, -0.15) is 4.72 Å². The van der Waals surface area contributed by atoms with Crippen LogP contribution >= 0.6 is 11.6 Å².